The minimum Gasteiger partial charge on any atom is -0.485 e. The SMILES string of the molecule is N[C@H]1CC(c2ccc(Br)c(Cl)c2)Oc2ccccc21. The molecule has 0 radical (unpaired) electrons. The summed E-state index contributed by atoms with van der Waals surface area (Å²) in [4.78, 5) is 0. The van der Waals surface area contributed by atoms with Crippen LogP contribution in [0.3, 0.4) is 0 Å². The predicted molar refractivity (Wildman–Crippen MR) is 80.5 cm³/mol. The highest BCUT2D eigenvalue weighted by Gasteiger charge is 2.26. The van der Waals surface area contributed by atoms with E-state index in [9.17, 15) is 0 Å². The average Bonchev–Trinajstić information content (AvgIpc) is 2.42. The van der Waals surface area contributed by atoms with E-state index in [1.165, 1.54) is 0 Å². The van der Waals surface area contributed by atoms with Gasteiger partial charge < -0.3 is 10.5 Å². The van der Waals surface area contributed by atoms with Crippen molar-refractivity contribution < 1.29 is 4.74 Å². The van der Waals surface area contributed by atoms with Gasteiger partial charge >= 0.3 is 0 Å². The van der Waals surface area contributed by atoms with Gasteiger partial charge in [-0.05, 0) is 39.7 Å². The monoisotopic (exact) mass is 337 g/mol. The number of fused-ring (bicyclic) bond motifs is 1. The molecule has 1 aliphatic rings. The lowest BCUT2D eigenvalue weighted by Crippen LogP contribution is -2.24. The summed E-state index contributed by atoms with van der Waals surface area (Å²) in [6, 6.07) is 13.8. The minimum absolute atomic E-state index is 0.00243. The molecule has 2 aromatic carbocycles. The van der Waals surface area contributed by atoms with E-state index in [4.69, 9.17) is 22.1 Å². The third-order valence-electron chi connectivity index (χ3n) is 3.37. The molecule has 2 N–H and O–H groups in total. The molecule has 3 rings (SSSR count). The minimum atomic E-state index is -0.0458. The molecule has 0 saturated heterocycles. The van der Waals surface area contributed by atoms with Gasteiger partial charge in [0.2, 0.25) is 0 Å². The fraction of sp³-hybridized carbons (Fsp3) is 0.200. The van der Waals surface area contributed by atoms with E-state index in [2.05, 4.69) is 15.9 Å². The maximum Gasteiger partial charge on any atom is 0.126 e. The normalized spacial score (nSPS) is 21.6. The second kappa shape index (κ2) is 5.16. The Kier molecular flexibility index (Phi) is 3.52. The van der Waals surface area contributed by atoms with Crippen LogP contribution in [0, 0.1) is 0 Å². The van der Waals surface area contributed by atoms with E-state index in [1.807, 2.05) is 42.5 Å². The van der Waals surface area contributed by atoms with Gasteiger partial charge in [-0.2, -0.15) is 0 Å². The standard InChI is InChI=1S/C15H13BrClNO/c16-11-6-5-9(7-12(11)17)15-8-13(18)10-3-1-2-4-14(10)19-15/h1-7,13,15H,8,18H2/t13-,15?/m0/s1. The van der Waals surface area contributed by atoms with Gasteiger partial charge in [0.05, 0.1) is 5.02 Å². The van der Waals surface area contributed by atoms with Crippen molar-refractivity contribution in [2.24, 2.45) is 5.73 Å². The first-order valence-electron chi connectivity index (χ1n) is 6.11. The van der Waals surface area contributed by atoms with Crippen LogP contribution >= 0.6 is 27.5 Å². The summed E-state index contributed by atoms with van der Waals surface area (Å²) in [7, 11) is 0. The zero-order valence-electron chi connectivity index (χ0n) is 10.1. The number of hydrogen-bond acceptors (Lipinski definition) is 2. The molecule has 2 atom stereocenters. The van der Waals surface area contributed by atoms with Gasteiger partial charge in [0.1, 0.15) is 11.9 Å². The second-order valence-electron chi connectivity index (χ2n) is 4.66. The van der Waals surface area contributed by atoms with Crippen molar-refractivity contribution >= 4 is 27.5 Å². The summed E-state index contributed by atoms with van der Waals surface area (Å²) in [6.45, 7) is 0. The zero-order valence-corrected chi connectivity index (χ0v) is 12.5. The van der Waals surface area contributed by atoms with Gasteiger partial charge in [0, 0.05) is 22.5 Å². The molecule has 2 nitrogen and oxygen atoms in total. The summed E-state index contributed by atoms with van der Waals surface area (Å²) in [5, 5.41) is 0.688. The fourth-order valence-electron chi connectivity index (χ4n) is 2.37. The third-order valence-corrected chi connectivity index (χ3v) is 4.60. The molecular weight excluding hydrogens is 326 g/mol. The highest BCUT2D eigenvalue weighted by molar-refractivity contribution is 9.10. The Morgan fingerprint density at radius 1 is 1.21 bits per heavy atom. The Bertz CT molecular complexity index is 617. The van der Waals surface area contributed by atoms with Crippen molar-refractivity contribution in [1.29, 1.82) is 0 Å². The third kappa shape index (κ3) is 2.50. The molecule has 4 heteroatoms. The summed E-state index contributed by atoms with van der Waals surface area (Å²) < 4.78 is 6.92. The molecule has 0 amide bonds. The Balaban J connectivity index is 1.94. The lowest BCUT2D eigenvalue weighted by atomic mass is 9.94. The highest BCUT2D eigenvalue weighted by atomic mass is 79.9. The molecule has 0 saturated carbocycles. The number of nitrogens with two attached hydrogens (primary N) is 1. The highest BCUT2D eigenvalue weighted by Crippen LogP contribution is 2.40. The lowest BCUT2D eigenvalue weighted by Gasteiger charge is -2.30. The largest absolute Gasteiger partial charge is 0.485 e. The van der Waals surface area contributed by atoms with Gasteiger partial charge in [-0.1, -0.05) is 35.9 Å². The Hall–Kier alpha value is -1.03. The quantitative estimate of drug-likeness (QED) is 0.823. The summed E-state index contributed by atoms with van der Waals surface area (Å²) in [5.74, 6) is 0.866. The second-order valence-corrected chi connectivity index (χ2v) is 5.92. The van der Waals surface area contributed by atoms with Crippen molar-refractivity contribution in [3.05, 3.63) is 63.1 Å². The summed E-state index contributed by atoms with van der Waals surface area (Å²) in [6.07, 6.45) is 0.713. The van der Waals surface area contributed by atoms with E-state index in [0.29, 0.717) is 5.02 Å². The Morgan fingerprint density at radius 2 is 2.00 bits per heavy atom. The summed E-state index contributed by atoms with van der Waals surface area (Å²) >= 11 is 9.53. The van der Waals surface area contributed by atoms with E-state index in [0.717, 1.165) is 27.8 Å². The van der Waals surface area contributed by atoms with Crippen molar-refractivity contribution in [3.63, 3.8) is 0 Å². The molecule has 98 valence electrons. The van der Waals surface area contributed by atoms with Crippen LogP contribution in [0.5, 0.6) is 5.75 Å². The molecule has 0 bridgehead atoms. The van der Waals surface area contributed by atoms with Gasteiger partial charge in [-0.3, -0.25) is 0 Å². The van der Waals surface area contributed by atoms with Gasteiger partial charge in [-0.15, -0.1) is 0 Å². The van der Waals surface area contributed by atoms with E-state index in [1.54, 1.807) is 0 Å². The molecular formula is C15H13BrClNO. The molecule has 2 aromatic rings. The Morgan fingerprint density at radius 3 is 2.79 bits per heavy atom. The molecule has 1 unspecified atom stereocenters. The van der Waals surface area contributed by atoms with E-state index in [-0.39, 0.29) is 12.1 Å². The topological polar surface area (TPSA) is 35.2 Å². The van der Waals surface area contributed by atoms with E-state index < -0.39 is 0 Å². The number of para-hydroxylation sites is 1. The number of ether oxygens (including phenoxy) is 1. The molecule has 19 heavy (non-hydrogen) atoms. The van der Waals surface area contributed by atoms with Crippen molar-refractivity contribution in [1.82, 2.24) is 0 Å². The van der Waals surface area contributed by atoms with Crippen LogP contribution in [0.4, 0.5) is 0 Å². The zero-order chi connectivity index (χ0) is 13.4. The first-order valence-corrected chi connectivity index (χ1v) is 7.28. The molecule has 0 aliphatic carbocycles. The fourth-order valence-corrected chi connectivity index (χ4v) is 2.81. The van der Waals surface area contributed by atoms with E-state index >= 15 is 0 Å². The number of hydrogen-bond donors (Lipinski definition) is 1. The first-order chi connectivity index (χ1) is 9.15. The number of rotatable bonds is 1. The smallest absolute Gasteiger partial charge is 0.126 e. The maximum absolute atomic E-state index is 6.22. The van der Waals surface area contributed by atoms with Crippen LogP contribution in [0.2, 0.25) is 5.02 Å². The molecule has 0 spiro atoms. The molecule has 0 aromatic heterocycles. The predicted octanol–water partition coefficient (Wildman–Crippen LogP) is 4.63. The van der Waals surface area contributed by atoms with Crippen LogP contribution in [0.1, 0.15) is 29.7 Å². The molecule has 1 heterocycles. The number of halogens is 2. The Labute approximate surface area is 125 Å². The summed E-state index contributed by atoms with van der Waals surface area (Å²) in [5.41, 5.74) is 8.34. The van der Waals surface area contributed by atoms with Crippen LogP contribution in [0.15, 0.2) is 46.9 Å². The van der Waals surface area contributed by atoms with Gasteiger partial charge in [0.15, 0.2) is 0 Å². The van der Waals surface area contributed by atoms with Crippen LogP contribution in [-0.4, -0.2) is 0 Å². The van der Waals surface area contributed by atoms with Crippen LogP contribution < -0.4 is 10.5 Å². The van der Waals surface area contributed by atoms with Crippen LogP contribution in [0.25, 0.3) is 0 Å². The maximum atomic E-state index is 6.22. The number of benzene rings is 2. The van der Waals surface area contributed by atoms with Gasteiger partial charge in [0.25, 0.3) is 0 Å². The van der Waals surface area contributed by atoms with Crippen molar-refractivity contribution in [2.45, 2.75) is 18.6 Å². The first kappa shape index (κ1) is 13.0. The average molecular weight is 339 g/mol. The lowest BCUT2D eigenvalue weighted by molar-refractivity contribution is 0.161. The van der Waals surface area contributed by atoms with Gasteiger partial charge in [-0.25, -0.2) is 0 Å². The molecule has 0 fully saturated rings. The van der Waals surface area contributed by atoms with Crippen molar-refractivity contribution in [2.75, 3.05) is 0 Å². The van der Waals surface area contributed by atoms with Crippen molar-refractivity contribution in [3.8, 4) is 5.75 Å². The van der Waals surface area contributed by atoms with Crippen LogP contribution in [-0.2, 0) is 0 Å². The molecule has 1 aliphatic heterocycles.